The molecule has 1 aromatic rings. The van der Waals surface area contributed by atoms with Crippen LogP contribution in [-0.4, -0.2) is 56.2 Å². The van der Waals surface area contributed by atoms with Gasteiger partial charge in [-0.2, -0.15) is 4.31 Å². The average Bonchev–Trinajstić information content (AvgIpc) is 2.42. The van der Waals surface area contributed by atoms with Crippen LogP contribution in [0.5, 0.6) is 0 Å². The monoisotopic (exact) mass is 318 g/mol. The third kappa shape index (κ3) is 3.97. The second kappa shape index (κ2) is 7.46. The molecule has 0 heterocycles. The van der Waals surface area contributed by atoms with Crippen LogP contribution < -0.4 is 0 Å². The number of aryl methyl sites for hydroxylation is 1. The number of nitro benzene ring substituents is 1. The van der Waals surface area contributed by atoms with E-state index in [4.69, 9.17) is 9.84 Å². The Bertz CT molecular complexity index is 602. The zero-order valence-electron chi connectivity index (χ0n) is 11.9. The van der Waals surface area contributed by atoms with Crippen molar-refractivity contribution in [2.45, 2.75) is 11.8 Å². The fraction of sp³-hybridized carbons (Fsp3) is 0.500. The highest BCUT2D eigenvalue weighted by Gasteiger charge is 2.32. The smallest absolute Gasteiger partial charge is 0.289 e. The zero-order valence-corrected chi connectivity index (χ0v) is 12.7. The van der Waals surface area contributed by atoms with Crippen molar-refractivity contribution in [1.82, 2.24) is 4.31 Å². The third-order valence-electron chi connectivity index (χ3n) is 2.88. The summed E-state index contributed by atoms with van der Waals surface area (Å²) in [4.78, 5) is 9.99. The van der Waals surface area contributed by atoms with Gasteiger partial charge >= 0.3 is 0 Å². The number of aliphatic hydroxyl groups is 1. The van der Waals surface area contributed by atoms with Crippen molar-refractivity contribution >= 4 is 15.7 Å². The molecule has 0 aliphatic heterocycles. The van der Waals surface area contributed by atoms with E-state index in [0.29, 0.717) is 0 Å². The number of nitro groups is 1. The summed E-state index contributed by atoms with van der Waals surface area (Å²) in [5.41, 5.74) is -0.195. The predicted octanol–water partition coefficient (Wildman–Crippen LogP) is 0.533. The quantitative estimate of drug-likeness (QED) is 0.553. The fourth-order valence-corrected chi connectivity index (χ4v) is 3.68. The first-order chi connectivity index (χ1) is 9.86. The Morgan fingerprint density at radius 3 is 2.57 bits per heavy atom. The normalized spacial score (nSPS) is 11.8. The lowest BCUT2D eigenvalue weighted by molar-refractivity contribution is -0.387. The molecule has 0 unspecified atom stereocenters. The maximum Gasteiger partial charge on any atom is 0.289 e. The van der Waals surface area contributed by atoms with Crippen LogP contribution in [0.25, 0.3) is 0 Å². The summed E-state index contributed by atoms with van der Waals surface area (Å²) in [6, 6.07) is 4.07. The highest BCUT2D eigenvalue weighted by Crippen LogP contribution is 2.29. The van der Waals surface area contributed by atoms with Gasteiger partial charge in [0.05, 0.1) is 18.1 Å². The molecule has 21 heavy (non-hydrogen) atoms. The van der Waals surface area contributed by atoms with Crippen molar-refractivity contribution in [3.63, 3.8) is 0 Å². The molecule has 1 aromatic carbocycles. The SMILES string of the molecule is COCCN(CCO)S(=O)(=O)c1c(C)cccc1[N+](=O)[O-]. The molecule has 0 saturated carbocycles. The molecule has 1 N–H and O–H groups in total. The van der Waals surface area contributed by atoms with Crippen molar-refractivity contribution in [2.24, 2.45) is 0 Å². The molecule has 8 nitrogen and oxygen atoms in total. The largest absolute Gasteiger partial charge is 0.395 e. The van der Waals surface area contributed by atoms with Gasteiger partial charge in [-0.05, 0) is 12.5 Å². The molecule has 0 radical (unpaired) electrons. The Morgan fingerprint density at radius 2 is 2.05 bits per heavy atom. The molecule has 1 rings (SSSR count). The Balaban J connectivity index is 3.37. The second-order valence-corrected chi connectivity index (χ2v) is 6.18. The Hall–Kier alpha value is -1.55. The Labute approximate surface area is 123 Å². The van der Waals surface area contributed by atoms with Crippen LogP contribution >= 0.6 is 0 Å². The highest BCUT2D eigenvalue weighted by molar-refractivity contribution is 7.89. The molecule has 0 aliphatic rings. The molecule has 0 amide bonds. The van der Waals surface area contributed by atoms with Gasteiger partial charge in [0.15, 0.2) is 4.90 Å². The van der Waals surface area contributed by atoms with E-state index >= 15 is 0 Å². The molecule has 0 aromatic heterocycles. The van der Waals surface area contributed by atoms with E-state index in [0.717, 1.165) is 10.4 Å². The van der Waals surface area contributed by atoms with E-state index in [-0.39, 0.29) is 36.8 Å². The van der Waals surface area contributed by atoms with Gasteiger partial charge in [-0.1, -0.05) is 12.1 Å². The highest BCUT2D eigenvalue weighted by atomic mass is 32.2. The minimum Gasteiger partial charge on any atom is -0.395 e. The maximum absolute atomic E-state index is 12.6. The van der Waals surface area contributed by atoms with Crippen LogP contribution in [0.1, 0.15) is 5.56 Å². The number of benzene rings is 1. The van der Waals surface area contributed by atoms with Crippen molar-refractivity contribution in [3.8, 4) is 0 Å². The predicted molar refractivity (Wildman–Crippen MR) is 75.6 cm³/mol. The molecular weight excluding hydrogens is 300 g/mol. The first-order valence-corrected chi connectivity index (χ1v) is 7.64. The first kappa shape index (κ1) is 17.5. The lowest BCUT2D eigenvalue weighted by Crippen LogP contribution is -2.36. The lowest BCUT2D eigenvalue weighted by Gasteiger charge is -2.21. The fourth-order valence-electron chi connectivity index (χ4n) is 1.90. The van der Waals surface area contributed by atoms with Crippen LogP contribution in [0.3, 0.4) is 0 Å². The number of aliphatic hydroxyl groups excluding tert-OH is 1. The summed E-state index contributed by atoms with van der Waals surface area (Å²) in [6.07, 6.45) is 0. The summed E-state index contributed by atoms with van der Waals surface area (Å²) in [7, 11) is -2.67. The molecule has 0 aliphatic carbocycles. The maximum atomic E-state index is 12.6. The standard InChI is InChI=1S/C12H18N2O6S/c1-10-4-3-5-11(14(16)17)12(10)21(18,19)13(6-8-15)7-9-20-2/h3-5,15H,6-9H2,1-2H3. The molecule has 9 heteroatoms. The van der Waals surface area contributed by atoms with Crippen LogP contribution in [0, 0.1) is 17.0 Å². The Kier molecular flexibility index (Phi) is 6.21. The zero-order chi connectivity index (χ0) is 16.0. The van der Waals surface area contributed by atoms with Crippen LogP contribution in [0.2, 0.25) is 0 Å². The van der Waals surface area contributed by atoms with Gasteiger partial charge in [0.2, 0.25) is 10.0 Å². The molecular formula is C12H18N2O6S. The first-order valence-electron chi connectivity index (χ1n) is 6.20. The van der Waals surface area contributed by atoms with Crippen molar-refractivity contribution < 1.29 is 23.2 Å². The van der Waals surface area contributed by atoms with Crippen molar-refractivity contribution in [2.75, 3.05) is 33.4 Å². The number of rotatable bonds is 8. The van der Waals surface area contributed by atoms with E-state index in [2.05, 4.69) is 0 Å². The molecule has 0 bridgehead atoms. The van der Waals surface area contributed by atoms with Crippen molar-refractivity contribution in [3.05, 3.63) is 33.9 Å². The van der Waals surface area contributed by atoms with Crippen LogP contribution in [0.15, 0.2) is 23.1 Å². The van der Waals surface area contributed by atoms with Gasteiger partial charge in [0, 0.05) is 26.3 Å². The summed E-state index contributed by atoms with van der Waals surface area (Å²) >= 11 is 0. The number of hydrogen-bond donors (Lipinski definition) is 1. The molecule has 0 saturated heterocycles. The number of sulfonamides is 1. The molecule has 118 valence electrons. The molecule has 0 atom stereocenters. The molecule has 0 fully saturated rings. The van der Waals surface area contributed by atoms with E-state index in [1.165, 1.54) is 26.2 Å². The number of hydrogen-bond acceptors (Lipinski definition) is 6. The van der Waals surface area contributed by atoms with E-state index < -0.39 is 20.6 Å². The van der Waals surface area contributed by atoms with E-state index in [9.17, 15) is 18.5 Å². The lowest BCUT2D eigenvalue weighted by atomic mass is 10.2. The van der Waals surface area contributed by atoms with Gasteiger partial charge in [-0.15, -0.1) is 0 Å². The summed E-state index contributed by atoms with van der Waals surface area (Å²) in [5.74, 6) is 0. The van der Waals surface area contributed by atoms with Gasteiger partial charge in [-0.25, -0.2) is 8.42 Å². The molecule has 0 spiro atoms. The van der Waals surface area contributed by atoms with E-state index in [1.54, 1.807) is 0 Å². The minimum atomic E-state index is -4.09. The number of nitrogens with zero attached hydrogens (tertiary/aromatic N) is 2. The van der Waals surface area contributed by atoms with Gasteiger partial charge in [-0.3, -0.25) is 10.1 Å². The minimum absolute atomic E-state index is 0.00484. The van der Waals surface area contributed by atoms with Crippen LogP contribution in [0.4, 0.5) is 5.69 Å². The average molecular weight is 318 g/mol. The van der Waals surface area contributed by atoms with E-state index in [1.807, 2.05) is 0 Å². The Morgan fingerprint density at radius 1 is 1.38 bits per heavy atom. The van der Waals surface area contributed by atoms with Crippen LogP contribution in [-0.2, 0) is 14.8 Å². The van der Waals surface area contributed by atoms with Gasteiger partial charge < -0.3 is 9.84 Å². The third-order valence-corrected chi connectivity index (χ3v) is 4.97. The van der Waals surface area contributed by atoms with Gasteiger partial charge in [0.25, 0.3) is 5.69 Å². The number of methoxy groups -OCH3 is 1. The summed E-state index contributed by atoms with van der Waals surface area (Å²) in [5, 5.41) is 20.1. The second-order valence-electron chi connectivity index (χ2n) is 4.30. The topological polar surface area (TPSA) is 110 Å². The summed E-state index contributed by atoms with van der Waals surface area (Å²) < 4.78 is 31.1. The van der Waals surface area contributed by atoms with Gasteiger partial charge in [0.1, 0.15) is 0 Å². The summed E-state index contributed by atoms with van der Waals surface area (Å²) in [6.45, 7) is 1.08. The number of ether oxygens (including phenoxy) is 1. The van der Waals surface area contributed by atoms with Crippen molar-refractivity contribution in [1.29, 1.82) is 0 Å².